The zero-order chi connectivity index (χ0) is 17.6. The smallest absolute Gasteiger partial charge is 0.271 e. The first-order valence-corrected chi connectivity index (χ1v) is 6.44. The number of allylic oxidation sites excluding steroid dienone is 2. The van der Waals surface area contributed by atoms with E-state index in [1.807, 2.05) is 0 Å². The summed E-state index contributed by atoms with van der Waals surface area (Å²) in [6, 6.07) is 0. The van der Waals surface area contributed by atoms with E-state index in [4.69, 9.17) is 0 Å². The molecular weight excluding hydrogens is 350 g/mol. The Labute approximate surface area is 122 Å². The molecule has 1 nitrogen and oxygen atoms in total. The molecule has 0 aromatic heterocycles. The SMILES string of the molecule is FC(F)(F)C(F)(F)C(F)(F)O[C@]1(F)[C@@H]2[C@H]([C@H]3C=C[C@H]2C3)C1(F)F. The molecule has 132 valence electrons. The van der Waals surface area contributed by atoms with Crippen molar-refractivity contribution in [3.63, 3.8) is 0 Å². The van der Waals surface area contributed by atoms with Gasteiger partial charge in [0, 0.05) is 11.8 Å². The Kier molecular flexibility index (Phi) is 3.04. The van der Waals surface area contributed by atoms with Crippen LogP contribution in [0.4, 0.5) is 43.9 Å². The maximum Gasteiger partial charge on any atom is 0.462 e. The lowest BCUT2D eigenvalue weighted by molar-refractivity contribution is -0.511. The molecule has 3 rings (SSSR count). The van der Waals surface area contributed by atoms with Gasteiger partial charge in [0.15, 0.2) is 0 Å². The predicted molar refractivity (Wildman–Crippen MR) is 53.5 cm³/mol. The van der Waals surface area contributed by atoms with Crippen LogP contribution in [0.3, 0.4) is 0 Å². The first-order chi connectivity index (χ1) is 10.2. The van der Waals surface area contributed by atoms with Gasteiger partial charge in [0.1, 0.15) is 0 Å². The molecule has 23 heavy (non-hydrogen) atoms. The van der Waals surface area contributed by atoms with Crippen LogP contribution in [0.15, 0.2) is 12.2 Å². The van der Waals surface area contributed by atoms with E-state index in [0.29, 0.717) is 0 Å². The molecule has 0 spiro atoms. The van der Waals surface area contributed by atoms with Gasteiger partial charge in [-0.15, -0.1) is 0 Å². The van der Waals surface area contributed by atoms with Crippen molar-refractivity contribution in [2.45, 2.75) is 36.4 Å². The van der Waals surface area contributed by atoms with Crippen molar-refractivity contribution in [1.29, 1.82) is 0 Å². The fourth-order valence-electron chi connectivity index (χ4n) is 3.73. The van der Waals surface area contributed by atoms with Crippen LogP contribution in [-0.4, -0.2) is 30.0 Å². The summed E-state index contributed by atoms with van der Waals surface area (Å²) in [6.45, 7) is 0. The first-order valence-electron chi connectivity index (χ1n) is 6.44. The molecule has 0 aromatic carbocycles. The Morgan fingerprint density at radius 1 is 0.826 bits per heavy atom. The number of halogens is 10. The fraction of sp³-hybridized carbons (Fsp3) is 0.833. The van der Waals surface area contributed by atoms with Crippen molar-refractivity contribution >= 4 is 0 Å². The topological polar surface area (TPSA) is 9.23 Å². The molecule has 0 unspecified atom stereocenters. The van der Waals surface area contributed by atoms with E-state index in [-0.39, 0.29) is 6.42 Å². The third-order valence-electron chi connectivity index (χ3n) is 4.76. The summed E-state index contributed by atoms with van der Waals surface area (Å²) in [5, 5.41) is 0. The standard InChI is InChI=1S/C12H8F10O/c13-8(14)6-4-1-2-5(3-4)7(6)9(8,15)23-12(21,22)10(16,17)11(18,19)20/h1-2,4-7H,3H2/t4-,5-,6-,7-,9+/m0/s1. The molecule has 2 fully saturated rings. The molecule has 2 saturated carbocycles. The maximum absolute atomic E-state index is 14.3. The van der Waals surface area contributed by atoms with Crippen molar-refractivity contribution < 1.29 is 48.6 Å². The zero-order valence-corrected chi connectivity index (χ0v) is 10.9. The summed E-state index contributed by atoms with van der Waals surface area (Å²) in [6.07, 6.45) is -10.7. The van der Waals surface area contributed by atoms with E-state index < -0.39 is 53.7 Å². The minimum Gasteiger partial charge on any atom is -0.271 e. The van der Waals surface area contributed by atoms with Crippen LogP contribution in [0.1, 0.15) is 6.42 Å². The average molecular weight is 358 g/mol. The average Bonchev–Trinajstić information content (AvgIpc) is 2.95. The largest absolute Gasteiger partial charge is 0.462 e. The summed E-state index contributed by atoms with van der Waals surface area (Å²) in [5.41, 5.74) is 0. The highest BCUT2D eigenvalue weighted by Gasteiger charge is 2.87. The molecule has 0 N–H and O–H groups in total. The van der Waals surface area contributed by atoms with E-state index in [1.165, 1.54) is 12.2 Å². The van der Waals surface area contributed by atoms with Crippen LogP contribution >= 0.6 is 0 Å². The normalized spacial score (nSPS) is 41.8. The number of hydrogen-bond acceptors (Lipinski definition) is 1. The van der Waals surface area contributed by atoms with Crippen molar-refractivity contribution in [3.8, 4) is 0 Å². The molecule has 11 heteroatoms. The molecule has 0 amide bonds. The van der Waals surface area contributed by atoms with Gasteiger partial charge in [0.2, 0.25) is 0 Å². The number of fused-ring (bicyclic) bond motifs is 5. The summed E-state index contributed by atoms with van der Waals surface area (Å²) >= 11 is 0. The molecule has 3 aliphatic carbocycles. The van der Waals surface area contributed by atoms with Gasteiger partial charge in [-0.25, -0.2) is 4.39 Å². The van der Waals surface area contributed by atoms with E-state index in [1.54, 1.807) is 0 Å². The molecule has 0 saturated heterocycles. The van der Waals surface area contributed by atoms with Gasteiger partial charge in [-0.2, -0.15) is 39.5 Å². The van der Waals surface area contributed by atoms with Crippen LogP contribution in [0.5, 0.6) is 0 Å². The highest BCUT2D eigenvalue weighted by Crippen LogP contribution is 2.72. The summed E-state index contributed by atoms with van der Waals surface area (Å²) in [4.78, 5) is 0. The second kappa shape index (κ2) is 4.15. The van der Waals surface area contributed by atoms with Gasteiger partial charge < -0.3 is 0 Å². The summed E-state index contributed by atoms with van der Waals surface area (Å²) in [5.74, 6) is -21.4. The lowest BCUT2D eigenvalue weighted by Gasteiger charge is -2.56. The minimum atomic E-state index is -6.81. The first kappa shape index (κ1) is 16.8. The van der Waals surface area contributed by atoms with Crippen LogP contribution in [0.25, 0.3) is 0 Å². The van der Waals surface area contributed by atoms with Gasteiger partial charge in [-0.1, -0.05) is 12.2 Å². The third-order valence-corrected chi connectivity index (χ3v) is 4.76. The van der Waals surface area contributed by atoms with Crippen LogP contribution in [-0.2, 0) is 4.74 Å². The van der Waals surface area contributed by atoms with Crippen molar-refractivity contribution in [2.75, 3.05) is 0 Å². The van der Waals surface area contributed by atoms with E-state index in [9.17, 15) is 43.9 Å². The zero-order valence-electron chi connectivity index (χ0n) is 10.9. The van der Waals surface area contributed by atoms with Gasteiger partial charge in [-0.3, -0.25) is 4.74 Å². The highest BCUT2D eigenvalue weighted by atomic mass is 19.4. The molecule has 0 heterocycles. The van der Waals surface area contributed by atoms with Crippen LogP contribution < -0.4 is 0 Å². The van der Waals surface area contributed by atoms with Crippen molar-refractivity contribution in [1.82, 2.24) is 0 Å². The summed E-state index contributed by atoms with van der Waals surface area (Å²) in [7, 11) is 0. The lowest BCUT2D eigenvalue weighted by Crippen LogP contribution is -2.74. The highest BCUT2D eigenvalue weighted by molar-refractivity contribution is 5.28. The van der Waals surface area contributed by atoms with Gasteiger partial charge in [-0.05, 0) is 18.3 Å². The monoisotopic (exact) mass is 358 g/mol. The predicted octanol–water partition coefficient (Wildman–Crippen LogP) is 4.55. The third kappa shape index (κ3) is 1.79. The molecular formula is C12H8F10O. The Morgan fingerprint density at radius 3 is 1.78 bits per heavy atom. The molecule has 3 aliphatic rings. The number of rotatable bonds is 3. The van der Waals surface area contributed by atoms with Crippen LogP contribution in [0.2, 0.25) is 0 Å². The second-order valence-corrected chi connectivity index (χ2v) is 5.96. The Balaban J connectivity index is 1.92. The molecule has 5 atom stereocenters. The van der Waals surface area contributed by atoms with Gasteiger partial charge >= 0.3 is 24.1 Å². The molecule has 2 bridgehead atoms. The van der Waals surface area contributed by atoms with Crippen molar-refractivity contribution in [3.05, 3.63) is 12.2 Å². The Hall–Kier alpha value is -1.00. The van der Waals surface area contributed by atoms with E-state index in [0.717, 1.165) is 0 Å². The lowest BCUT2D eigenvalue weighted by atomic mass is 9.60. The van der Waals surface area contributed by atoms with Gasteiger partial charge in [0.25, 0.3) is 5.85 Å². The molecule has 0 aliphatic heterocycles. The molecule has 0 radical (unpaired) electrons. The van der Waals surface area contributed by atoms with Gasteiger partial charge in [0.05, 0.1) is 0 Å². The van der Waals surface area contributed by atoms with Crippen LogP contribution in [0, 0.1) is 23.7 Å². The van der Waals surface area contributed by atoms with E-state index in [2.05, 4.69) is 4.74 Å². The second-order valence-electron chi connectivity index (χ2n) is 5.96. The van der Waals surface area contributed by atoms with Crippen molar-refractivity contribution in [2.24, 2.45) is 23.7 Å². The Morgan fingerprint density at radius 2 is 1.30 bits per heavy atom. The fourth-order valence-corrected chi connectivity index (χ4v) is 3.73. The summed E-state index contributed by atoms with van der Waals surface area (Å²) < 4.78 is 133. The minimum absolute atomic E-state index is 0.0127. The Bertz CT molecular complexity index is 553. The maximum atomic E-state index is 14.3. The number of alkyl halides is 10. The quantitative estimate of drug-likeness (QED) is 0.532. The van der Waals surface area contributed by atoms with E-state index >= 15 is 0 Å². The number of ether oxygens (including phenoxy) is 1. The molecule has 0 aromatic rings. The number of hydrogen-bond donors (Lipinski definition) is 0.